The van der Waals surface area contributed by atoms with Crippen LogP contribution in [0.2, 0.25) is 0 Å². The molecule has 1 aromatic carbocycles. The number of carbonyl (C=O) groups is 1. The average Bonchev–Trinajstić information content (AvgIpc) is 2.18. The molecule has 0 fully saturated rings. The van der Waals surface area contributed by atoms with E-state index < -0.39 is 6.09 Å². The number of fused-ring (bicyclic) bond motifs is 1. The van der Waals surface area contributed by atoms with Crippen molar-refractivity contribution in [2.75, 3.05) is 6.54 Å². The smallest absolute Gasteiger partial charge is 0.407 e. The molecule has 1 amide bonds. The molecule has 14 heavy (non-hydrogen) atoms. The summed E-state index contributed by atoms with van der Waals surface area (Å²) in [5.74, 6) is 0. The molecule has 1 N–H and O–H groups in total. The minimum absolute atomic E-state index is 0.539. The molecule has 2 rings (SSSR count). The van der Waals surface area contributed by atoms with Gasteiger partial charge < -0.3 is 10.0 Å². The Balaban J connectivity index is 2.33. The summed E-state index contributed by atoms with van der Waals surface area (Å²) in [6.07, 6.45) is 0.0162. The zero-order valence-corrected chi connectivity index (χ0v) is 8.16. The molecule has 0 spiro atoms. The molecule has 0 bridgehead atoms. The Morgan fingerprint density at radius 1 is 1.50 bits per heavy atom. The van der Waals surface area contributed by atoms with Gasteiger partial charge >= 0.3 is 6.09 Å². The predicted molar refractivity (Wildman–Crippen MR) is 53.3 cm³/mol. The second kappa shape index (κ2) is 3.33. The van der Waals surface area contributed by atoms with Crippen LogP contribution in [0.15, 0.2) is 18.2 Å². The molecule has 3 heteroatoms. The molecule has 1 heterocycles. The molecule has 1 aromatic rings. The van der Waals surface area contributed by atoms with Gasteiger partial charge in [0.1, 0.15) is 0 Å². The van der Waals surface area contributed by atoms with Crippen LogP contribution in [-0.4, -0.2) is 22.6 Å². The average molecular weight is 191 g/mol. The van der Waals surface area contributed by atoms with Crippen LogP contribution < -0.4 is 0 Å². The summed E-state index contributed by atoms with van der Waals surface area (Å²) in [5, 5.41) is 8.88. The van der Waals surface area contributed by atoms with Crippen molar-refractivity contribution in [3.05, 3.63) is 34.9 Å². The number of rotatable bonds is 0. The lowest BCUT2D eigenvalue weighted by Gasteiger charge is -2.27. The second-order valence-corrected chi connectivity index (χ2v) is 3.67. The van der Waals surface area contributed by atoms with E-state index >= 15 is 0 Å². The van der Waals surface area contributed by atoms with Crippen molar-refractivity contribution >= 4 is 6.09 Å². The van der Waals surface area contributed by atoms with Crippen LogP contribution >= 0.6 is 0 Å². The summed E-state index contributed by atoms with van der Waals surface area (Å²) in [6.45, 7) is 3.19. The van der Waals surface area contributed by atoms with E-state index in [2.05, 4.69) is 6.07 Å². The van der Waals surface area contributed by atoms with Crippen LogP contribution in [0.1, 0.15) is 16.7 Å². The van der Waals surface area contributed by atoms with E-state index in [9.17, 15) is 4.79 Å². The first-order valence-electron chi connectivity index (χ1n) is 4.73. The lowest BCUT2D eigenvalue weighted by atomic mass is 9.96. The first-order chi connectivity index (χ1) is 6.68. The largest absolute Gasteiger partial charge is 0.465 e. The van der Waals surface area contributed by atoms with E-state index in [0.717, 1.165) is 6.42 Å². The van der Waals surface area contributed by atoms with E-state index in [1.807, 2.05) is 19.1 Å². The Bertz CT molecular complexity index is 374. The first-order valence-corrected chi connectivity index (χ1v) is 4.73. The van der Waals surface area contributed by atoms with E-state index in [1.165, 1.54) is 21.6 Å². The standard InChI is InChI=1S/C11H13NO2/c1-8-3-2-4-9-5-6-12(11(13)14)7-10(8)9/h2-4H,5-7H2,1H3,(H,13,14). The van der Waals surface area contributed by atoms with Gasteiger partial charge in [-0.2, -0.15) is 0 Å². The highest BCUT2D eigenvalue weighted by Gasteiger charge is 2.20. The lowest BCUT2D eigenvalue weighted by Crippen LogP contribution is -2.35. The van der Waals surface area contributed by atoms with E-state index in [0.29, 0.717) is 13.1 Å². The number of hydrogen-bond donors (Lipinski definition) is 1. The fraction of sp³-hybridized carbons (Fsp3) is 0.364. The predicted octanol–water partition coefficient (Wildman–Crippen LogP) is 2.03. The van der Waals surface area contributed by atoms with Gasteiger partial charge in [0.05, 0.1) is 0 Å². The second-order valence-electron chi connectivity index (χ2n) is 3.67. The number of carboxylic acid groups (broad SMARTS) is 1. The van der Waals surface area contributed by atoms with Gasteiger partial charge in [-0.05, 0) is 30.0 Å². The maximum Gasteiger partial charge on any atom is 0.407 e. The maximum absolute atomic E-state index is 10.8. The van der Waals surface area contributed by atoms with E-state index in [4.69, 9.17) is 5.11 Å². The molecule has 0 saturated carbocycles. The van der Waals surface area contributed by atoms with Crippen molar-refractivity contribution in [1.29, 1.82) is 0 Å². The summed E-state index contributed by atoms with van der Waals surface area (Å²) in [4.78, 5) is 12.3. The van der Waals surface area contributed by atoms with Gasteiger partial charge in [-0.15, -0.1) is 0 Å². The minimum atomic E-state index is -0.820. The summed E-state index contributed by atoms with van der Waals surface area (Å²) < 4.78 is 0. The molecule has 3 nitrogen and oxygen atoms in total. The molecular formula is C11H13NO2. The van der Waals surface area contributed by atoms with Crippen LogP contribution in [0.5, 0.6) is 0 Å². The van der Waals surface area contributed by atoms with Gasteiger partial charge in [0.25, 0.3) is 0 Å². The van der Waals surface area contributed by atoms with Crippen molar-refractivity contribution in [2.45, 2.75) is 19.9 Å². The number of hydrogen-bond acceptors (Lipinski definition) is 1. The Kier molecular flexibility index (Phi) is 2.15. The summed E-state index contributed by atoms with van der Waals surface area (Å²) >= 11 is 0. The normalized spacial score (nSPS) is 15.1. The van der Waals surface area contributed by atoms with Crippen LogP contribution in [0.25, 0.3) is 0 Å². The fourth-order valence-corrected chi connectivity index (χ4v) is 1.91. The van der Waals surface area contributed by atoms with Gasteiger partial charge in [0.15, 0.2) is 0 Å². The van der Waals surface area contributed by atoms with Crippen LogP contribution in [-0.2, 0) is 13.0 Å². The minimum Gasteiger partial charge on any atom is -0.465 e. The highest BCUT2D eigenvalue weighted by Crippen LogP contribution is 2.21. The van der Waals surface area contributed by atoms with E-state index in [1.54, 1.807) is 0 Å². The number of benzene rings is 1. The highest BCUT2D eigenvalue weighted by atomic mass is 16.4. The SMILES string of the molecule is Cc1cccc2c1CN(C(=O)O)CC2. The van der Waals surface area contributed by atoms with Gasteiger partial charge in [-0.25, -0.2) is 4.79 Å². The van der Waals surface area contributed by atoms with E-state index in [-0.39, 0.29) is 0 Å². The Morgan fingerprint density at radius 3 is 3.00 bits per heavy atom. The quantitative estimate of drug-likeness (QED) is 0.681. The molecule has 0 unspecified atom stereocenters. The third-order valence-corrected chi connectivity index (χ3v) is 2.78. The molecular weight excluding hydrogens is 178 g/mol. The molecule has 0 radical (unpaired) electrons. The molecule has 1 aliphatic rings. The van der Waals surface area contributed by atoms with Crippen molar-refractivity contribution < 1.29 is 9.90 Å². The summed E-state index contributed by atoms with van der Waals surface area (Å²) in [7, 11) is 0. The van der Waals surface area contributed by atoms with Gasteiger partial charge in [0, 0.05) is 13.1 Å². The third-order valence-electron chi connectivity index (χ3n) is 2.78. The maximum atomic E-state index is 10.8. The Morgan fingerprint density at radius 2 is 2.29 bits per heavy atom. The molecule has 0 atom stereocenters. The van der Waals surface area contributed by atoms with Gasteiger partial charge in [-0.1, -0.05) is 18.2 Å². The monoisotopic (exact) mass is 191 g/mol. The van der Waals surface area contributed by atoms with Crippen LogP contribution in [0.4, 0.5) is 4.79 Å². The fourth-order valence-electron chi connectivity index (χ4n) is 1.91. The third kappa shape index (κ3) is 1.45. The molecule has 0 aliphatic carbocycles. The molecule has 74 valence electrons. The Hall–Kier alpha value is -1.51. The van der Waals surface area contributed by atoms with Gasteiger partial charge in [0.2, 0.25) is 0 Å². The highest BCUT2D eigenvalue weighted by molar-refractivity contribution is 5.65. The lowest BCUT2D eigenvalue weighted by molar-refractivity contribution is 0.140. The van der Waals surface area contributed by atoms with Crippen molar-refractivity contribution in [1.82, 2.24) is 4.90 Å². The first kappa shape index (κ1) is 9.06. The number of aryl methyl sites for hydroxylation is 1. The van der Waals surface area contributed by atoms with Crippen molar-refractivity contribution in [3.8, 4) is 0 Å². The van der Waals surface area contributed by atoms with Crippen molar-refractivity contribution in [3.63, 3.8) is 0 Å². The zero-order valence-electron chi connectivity index (χ0n) is 8.16. The molecule has 1 aliphatic heterocycles. The Labute approximate surface area is 83.0 Å². The summed E-state index contributed by atoms with van der Waals surface area (Å²) in [5.41, 5.74) is 3.66. The number of amides is 1. The van der Waals surface area contributed by atoms with Gasteiger partial charge in [-0.3, -0.25) is 0 Å². The van der Waals surface area contributed by atoms with Crippen LogP contribution in [0.3, 0.4) is 0 Å². The zero-order chi connectivity index (χ0) is 10.1. The summed E-state index contributed by atoms with van der Waals surface area (Å²) in [6, 6.07) is 6.15. The molecule has 0 aromatic heterocycles. The molecule has 0 saturated heterocycles. The van der Waals surface area contributed by atoms with Crippen molar-refractivity contribution in [2.24, 2.45) is 0 Å². The van der Waals surface area contributed by atoms with Crippen LogP contribution in [0, 0.1) is 6.92 Å². The topological polar surface area (TPSA) is 40.5 Å². The number of nitrogens with zero attached hydrogens (tertiary/aromatic N) is 1.